The number of carbonyl (C=O) groups excluding carboxylic acids is 1. The number of aliphatic hydroxyl groups is 1. The summed E-state index contributed by atoms with van der Waals surface area (Å²) in [5, 5.41) is 12.9. The molecule has 2 aromatic carbocycles. The molecular weight excluding hydrogens is 407 g/mol. The van der Waals surface area contributed by atoms with Crippen LogP contribution in [0.15, 0.2) is 42.5 Å². The van der Waals surface area contributed by atoms with Crippen LogP contribution in [0.5, 0.6) is 5.75 Å². The highest BCUT2D eigenvalue weighted by Gasteiger charge is 2.55. The number of nitrogens with one attached hydrogen (secondary N) is 1. The Morgan fingerprint density at radius 2 is 1.86 bits per heavy atom. The summed E-state index contributed by atoms with van der Waals surface area (Å²) in [6, 6.07) is 9.50. The first-order chi connectivity index (χ1) is 13.6. The summed E-state index contributed by atoms with van der Waals surface area (Å²) in [6.45, 7) is 0. The van der Waals surface area contributed by atoms with E-state index in [9.17, 15) is 23.1 Å². The average molecular weight is 424 g/mol. The molecule has 2 aromatic rings. The van der Waals surface area contributed by atoms with Crippen LogP contribution in [0.2, 0.25) is 5.02 Å². The second-order valence-electron chi connectivity index (χ2n) is 6.62. The summed E-state index contributed by atoms with van der Waals surface area (Å²) in [5.41, 5.74) is -4.14. The summed E-state index contributed by atoms with van der Waals surface area (Å²) in [7, 11) is 1.47. The molecule has 0 bridgehead atoms. The monoisotopic (exact) mass is 423 g/mol. The molecule has 0 spiro atoms. The molecule has 1 atom stereocenters. The Kier molecular flexibility index (Phi) is 5.78. The zero-order valence-electron chi connectivity index (χ0n) is 15.3. The predicted molar refractivity (Wildman–Crippen MR) is 103 cm³/mol. The van der Waals surface area contributed by atoms with Crippen LogP contribution < -0.4 is 10.1 Å². The molecule has 3 rings (SSSR count). The van der Waals surface area contributed by atoms with Gasteiger partial charge in [0.05, 0.1) is 7.11 Å². The van der Waals surface area contributed by atoms with Gasteiger partial charge in [-0.1, -0.05) is 23.4 Å². The van der Waals surface area contributed by atoms with Crippen LogP contribution in [0.4, 0.5) is 18.9 Å². The Bertz CT molecular complexity index is 975. The highest BCUT2D eigenvalue weighted by molar-refractivity contribution is 6.30. The summed E-state index contributed by atoms with van der Waals surface area (Å²) in [5.74, 6) is 4.12. The van der Waals surface area contributed by atoms with Gasteiger partial charge in [-0.2, -0.15) is 13.2 Å². The molecule has 0 aliphatic heterocycles. The van der Waals surface area contributed by atoms with Crippen molar-refractivity contribution in [1.82, 2.24) is 0 Å². The fraction of sp³-hybridized carbons (Fsp3) is 0.286. The third-order valence-electron chi connectivity index (χ3n) is 4.42. The normalized spacial score (nSPS) is 15.7. The van der Waals surface area contributed by atoms with Gasteiger partial charge in [-0.25, -0.2) is 0 Å². The minimum absolute atomic E-state index is 0.0293. The summed E-state index contributed by atoms with van der Waals surface area (Å²) in [6.07, 6.45) is -3.71. The van der Waals surface area contributed by atoms with Gasteiger partial charge in [0.1, 0.15) is 5.75 Å². The minimum Gasteiger partial charge on any atom is -0.497 e. The molecule has 0 heterocycles. The molecule has 8 heteroatoms. The third-order valence-corrected chi connectivity index (χ3v) is 4.65. The van der Waals surface area contributed by atoms with Crippen molar-refractivity contribution in [3.8, 4) is 17.6 Å². The topological polar surface area (TPSA) is 58.6 Å². The van der Waals surface area contributed by atoms with Crippen molar-refractivity contribution in [2.45, 2.75) is 24.6 Å². The molecule has 0 saturated heterocycles. The lowest BCUT2D eigenvalue weighted by molar-refractivity contribution is -0.240. The molecule has 0 aromatic heterocycles. The predicted octanol–water partition coefficient (Wildman–Crippen LogP) is 4.76. The molecule has 1 aliphatic carbocycles. The van der Waals surface area contributed by atoms with E-state index in [-0.39, 0.29) is 22.2 Å². The quantitative estimate of drug-likeness (QED) is 0.697. The van der Waals surface area contributed by atoms with E-state index in [1.54, 1.807) is 12.1 Å². The minimum atomic E-state index is -5.10. The highest BCUT2D eigenvalue weighted by atomic mass is 35.5. The van der Waals surface area contributed by atoms with Gasteiger partial charge in [-0.05, 0) is 55.3 Å². The van der Waals surface area contributed by atoms with Crippen LogP contribution in [0, 0.1) is 17.8 Å². The maximum absolute atomic E-state index is 13.8. The van der Waals surface area contributed by atoms with E-state index >= 15 is 0 Å². The van der Waals surface area contributed by atoms with Crippen LogP contribution >= 0.6 is 11.6 Å². The van der Waals surface area contributed by atoms with E-state index in [2.05, 4.69) is 11.2 Å². The lowest BCUT2D eigenvalue weighted by Crippen LogP contribution is -2.42. The number of carbonyl (C=O) groups is 1. The lowest BCUT2D eigenvalue weighted by atomic mass is 9.91. The summed E-state index contributed by atoms with van der Waals surface area (Å²) >= 11 is 5.88. The molecule has 1 fully saturated rings. The Labute approximate surface area is 170 Å². The first-order valence-electron chi connectivity index (χ1n) is 8.71. The fourth-order valence-electron chi connectivity index (χ4n) is 2.59. The van der Waals surface area contributed by atoms with E-state index in [1.807, 2.05) is 5.92 Å². The van der Waals surface area contributed by atoms with Crippen molar-refractivity contribution in [2.75, 3.05) is 12.4 Å². The smallest absolute Gasteiger partial charge is 0.433 e. The van der Waals surface area contributed by atoms with E-state index in [0.717, 1.165) is 6.07 Å². The molecule has 0 radical (unpaired) electrons. The van der Waals surface area contributed by atoms with E-state index in [1.165, 1.54) is 31.4 Å². The van der Waals surface area contributed by atoms with Gasteiger partial charge in [0.25, 0.3) is 5.91 Å². The van der Waals surface area contributed by atoms with Crippen LogP contribution in [0.25, 0.3) is 0 Å². The van der Waals surface area contributed by atoms with E-state index in [4.69, 9.17) is 16.3 Å². The maximum atomic E-state index is 13.8. The Balaban J connectivity index is 2.00. The third kappa shape index (κ3) is 4.66. The number of rotatable bonds is 4. The number of methoxy groups -OCH3 is 1. The van der Waals surface area contributed by atoms with E-state index in [0.29, 0.717) is 18.6 Å². The second-order valence-corrected chi connectivity index (χ2v) is 7.06. The SMILES string of the molecule is COc1ccc(C(=O)Nc2ccc(Cl)cc2[C@](O)(C#CC2CC2)C(F)(F)F)cc1. The van der Waals surface area contributed by atoms with Crippen LogP contribution in [-0.2, 0) is 5.60 Å². The molecule has 1 saturated carbocycles. The number of ether oxygens (including phenoxy) is 1. The number of halogens is 4. The molecule has 1 amide bonds. The van der Waals surface area contributed by atoms with Gasteiger partial charge in [0.2, 0.25) is 5.60 Å². The molecule has 2 N–H and O–H groups in total. The average Bonchev–Trinajstić information content (AvgIpc) is 3.51. The van der Waals surface area contributed by atoms with Gasteiger partial charge >= 0.3 is 6.18 Å². The second kappa shape index (κ2) is 7.97. The zero-order chi connectivity index (χ0) is 21.2. The van der Waals surface area contributed by atoms with Crippen molar-refractivity contribution >= 4 is 23.2 Å². The van der Waals surface area contributed by atoms with Gasteiger partial charge in [0, 0.05) is 27.8 Å². The fourth-order valence-corrected chi connectivity index (χ4v) is 2.76. The van der Waals surface area contributed by atoms with Crippen molar-refractivity contribution in [3.63, 3.8) is 0 Å². The van der Waals surface area contributed by atoms with Gasteiger partial charge in [-0.15, -0.1) is 0 Å². The van der Waals surface area contributed by atoms with Gasteiger partial charge < -0.3 is 15.2 Å². The zero-order valence-corrected chi connectivity index (χ0v) is 16.1. The first kappa shape index (κ1) is 21.0. The van der Waals surface area contributed by atoms with E-state index < -0.39 is 23.2 Å². The number of hydrogen-bond donors (Lipinski definition) is 2. The van der Waals surface area contributed by atoms with Crippen molar-refractivity contribution in [2.24, 2.45) is 5.92 Å². The molecule has 29 heavy (non-hydrogen) atoms. The number of amides is 1. The largest absolute Gasteiger partial charge is 0.497 e. The van der Waals surface area contributed by atoms with Crippen molar-refractivity contribution < 1.29 is 27.8 Å². The number of benzene rings is 2. The van der Waals surface area contributed by atoms with Crippen LogP contribution in [0.3, 0.4) is 0 Å². The standard InChI is InChI=1S/C21H17ClF3NO3/c1-29-16-7-4-14(5-8-16)19(27)26-18-9-6-15(22)12-17(18)20(28,21(23,24)25)11-10-13-2-3-13/h4-9,12-13,28H,2-3H2,1H3,(H,26,27)/t20-/m1/s1. The summed E-state index contributed by atoms with van der Waals surface area (Å²) < 4.78 is 46.4. The number of hydrogen-bond acceptors (Lipinski definition) is 3. The molecule has 1 aliphatic rings. The summed E-state index contributed by atoms with van der Waals surface area (Å²) in [4.78, 5) is 12.5. The maximum Gasteiger partial charge on any atom is 0.433 e. The molecule has 152 valence electrons. The van der Waals surface area contributed by atoms with Gasteiger partial charge in [0.15, 0.2) is 0 Å². The van der Waals surface area contributed by atoms with Crippen LogP contribution in [0.1, 0.15) is 28.8 Å². The highest BCUT2D eigenvalue weighted by Crippen LogP contribution is 2.43. The van der Waals surface area contributed by atoms with Crippen LogP contribution in [-0.4, -0.2) is 24.3 Å². The molecular formula is C21H17ClF3NO3. The van der Waals surface area contributed by atoms with Gasteiger partial charge in [-0.3, -0.25) is 4.79 Å². The molecule has 4 nitrogen and oxygen atoms in total. The number of anilines is 1. The Morgan fingerprint density at radius 1 is 1.21 bits per heavy atom. The Morgan fingerprint density at radius 3 is 2.41 bits per heavy atom. The number of alkyl halides is 3. The lowest BCUT2D eigenvalue weighted by Gasteiger charge is -2.28. The van der Waals surface area contributed by atoms with Crippen molar-refractivity contribution in [3.05, 3.63) is 58.6 Å². The molecule has 0 unspecified atom stereocenters. The first-order valence-corrected chi connectivity index (χ1v) is 9.09. The Hall–Kier alpha value is -2.69. The van der Waals surface area contributed by atoms with Crippen molar-refractivity contribution in [1.29, 1.82) is 0 Å².